The van der Waals surface area contributed by atoms with Crippen molar-refractivity contribution in [3.8, 4) is 11.5 Å². The highest BCUT2D eigenvalue weighted by atomic mass is 16.5. The Labute approximate surface area is 138 Å². The fraction of sp³-hybridized carbons (Fsp3) is 0.350. The summed E-state index contributed by atoms with van der Waals surface area (Å²) in [7, 11) is 3.32. The Bertz CT molecular complexity index is 703. The molecule has 3 nitrogen and oxygen atoms in total. The molecular formula is C20H24O3. The minimum atomic E-state index is 0.169. The molecule has 0 aliphatic heterocycles. The van der Waals surface area contributed by atoms with Crippen LogP contribution in [0.5, 0.6) is 11.5 Å². The molecule has 2 aromatic carbocycles. The van der Waals surface area contributed by atoms with Gasteiger partial charge in [0, 0.05) is 18.4 Å². The van der Waals surface area contributed by atoms with Crippen molar-refractivity contribution >= 4 is 5.78 Å². The number of hydrogen-bond donors (Lipinski definition) is 0. The number of benzene rings is 2. The van der Waals surface area contributed by atoms with Crippen molar-refractivity contribution in [1.29, 1.82) is 0 Å². The Morgan fingerprint density at radius 1 is 0.826 bits per heavy atom. The van der Waals surface area contributed by atoms with Gasteiger partial charge in [-0.05, 0) is 43.0 Å². The quantitative estimate of drug-likeness (QED) is 0.809. The van der Waals surface area contributed by atoms with Crippen molar-refractivity contribution in [2.24, 2.45) is 0 Å². The molecule has 0 atom stereocenters. The van der Waals surface area contributed by atoms with Gasteiger partial charge in [0.15, 0.2) is 0 Å². The van der Waals surface area contributed by atoms with E-state index >= 15 is 0 Å². The molecule has 23 heavy (non-hydrogen) atoms. The van der Waals surface area contributed by atoms with E-state index in [1.807, 2.05) is 51.1 Å². The number of rotatable bonds is 6. The van der Waals surface area contributed by atoms with Crippen LogP contribution in [-0.2, 0) is 17.6 Å². The lowest BCUT2D eigenvalue weighted by molar-refractivity contribution is -0.117. The third-order valence-electron chi connectivity index (χ3n) is 4.34. The third kappa shape index (κ3) is 3.55. The van der Waals surface area contributed by atoms with Gasteiger partial charge in [0.05, 0.1) is 14.2 Å². The van der Waals surface area contributed by atoms with Crippen LogP contribution in [0.15, 0.2) is 30.3 Å². The highest BCUT2D eigenvalue weighted by Crippen LogP contribution is 2.37. The van der Waals surface area contributed by atoms with Crippen LogP contribution in [-0.4, -0.2) is 20.0 Å². The number of carbonyl (C=O) groups is 1. The number of ketones is 1. The average molecular weight is 312 g/mol. The molecule has 0 aromatic heterocycles. The van der Waals surface area contributed by atoms with Crippen LogP contribution < -0.4 is 9.47 Å². The SMILES string of the molecule is COc1c(C)c(C)c(OC)c(CC(=O)Cc2ccccc2)c1C. The maximum absolute atomic E-state index is 12.5. The van der Waals surface area contributed by atoms with Crippen molar-refractivity contribution in [2.45, 2.75) is 33.6 Å². The van der Waals surface area contributed by atoms with Gasteiger partial charge in [-0.25, -0.2) is 0 Å². The molecule has 0 aliphatic rings. The van der Waals surface area contributed by atoms with Gasteiger partial charge in [-0.3, -0.25) is 4.79 Å². The molecule has 122 valence electrons. The fourth-order valence-corrected chi connectivity index (χ4v) is 3.03. The van der Waals surface area contributed by atoms with Gasteiger partial charge in [-0.2, -0.15) is 0 Å². The van der Waals surface area contributed by atoms with Gasteiger partial charge >= 0.3 is 0 Å². The molecule has 0 amide bonds. The van der Waals surface area contributed by atoms with Crippen LogP contribution >= 0.6 is 0 Å². The lowest BCUT2D eigenvalue weighted by Crippen LogP contribution is -2.11. The molecule has 0 N–H and O–H groups in total. The molecule has 0 saturated carbocycles. The number of hydrogen-bond acceptors (Lipinski definition) is 3. The van der Waals surface area contributed by atoms with Crippen molar-refractivity contribution < 1.29 is 14.3 Å². The fourth-order valence-electron chi connectivity index (χ4n) is 3.03. The van der Waals surface area contributed by atoms with Gasteiger partial charge in [0.2, 0.25) is 0 Å². The van der Waals surface area contributed by atoms with E-state index in [1.165, 1.54) is 0 Å². The second-order valence-corrected chi connectivity index (χ2v) is 5.80. The minimum Gasteiger partial charge on any atom is -0.496 e. The zero-order chi connectivity index (χ0) is 17.0. The third-order valence-corrected chi connectivity index (χ3v) is 4.34. The predicted molar refractivity (Wildman–Crippen MR) is 92.6 cm³/mol. The van der Waals surface area contributed by atoms with Crippen LogP contribution in [0.25, 0.3) is 0 Å². The normalized spacial score (nSPS) is 10.5. The van der Waals surface area contributed by atoms with Crippen LogP contribution in [0.3, 0.4) is 0 Å². The monoisotopic (exact) mass is 312 g/mol. The molecule has 0 unspecified atom stereocenters. The van der Waals surface area contributed by atoms with Crippen LogP contribution in [0, 0.1) is 20.8 Å². The summed E-state index contributed by atoms with van der Waals surface area (Å²) in [6.45, 7) is 6.00. The Balaban J connectivity index is 2.35. The van der Waals surface area contributed by atoms with E-state index in [2.05, 4.69) is 0 Å². The van der Waals surface area contributed by atoms with Gasteiger partial charge in [0.1, 0.15) is 17.3 Å². The largest absolute Gasteiger partial charge is 0.496 e. The highest BCUT2D eigenvalue weighted by Gasteiger charge is 2.20. The topological polar surface area (TPSA) is 35.5 Å². The minimum absolute atomic E-state index is 0.169. The molecule has 0 saturated heterocycles. The van der Waals surface area contributed by atoms with Gasteiger partial charge in [-0.1, -0.05) is 30.3 Å². The molecule has 0 bridgehead atoms. The molecule has 0 fully saturated rings. The average Bonchev–Trinajstić information content (AvgIpc) is 2.54. The summed E-state index contributed by atoms with van der Waals surface area (Å²) in [6, 6.07) is 9.81. The summed E-state index contributed by atoms with van der Waals surface area (Å²) in [5, 5.41) is 0. The summed E-state index contributed by atoms with van der Waals surface area (Å²) < 4.78 is 11.1. The molecule has 0 aliphatic carbocycles. The van der Waals surface area contributed by atoms with E-state index < -0.39 is 0 Å². The second-order valence-electron chi connectivity index (χ2n) is 5.80. The van der Waals surface area contributed by atoms with E-state index in [4.69, 9.17) is 9.47 Å². The van der Waals surface area contributed by atoms with Crippen LogP contribution in [0.2, 0.25) is 0 Å². The molecule has 3 heteroatoms. The summed E-state index contributed by atoms with van der Waals surface area (Å²) in [5.74, 6) is 1.80. The maximum atomic E-state index is 12.5. The van der Waals surface area contributed by atoms with Crippen molar-refractivity contribution in [3.63, 3.8) is 0 Å². The molecule has 2 rings (SSSR count). The summed E-state index contributed by atoms with van der Waals surface area (Å²) in [5.41, 5.74) is 5.02. The van der Waals surface area contributed by atoms with E-state index in [0.29, 0.717) is 12.8 Å². The zero-order valence-corrected chi connectivity index (χ0v) is 14.5. The lowest BCUT2D eigenvalue weighted by atomic mass is 9.93. The number of ether oxygens (including phenoxy) is 2. The smallest absolute Gasteiger partial charge is 0.141 e. The molecule has 2 aromatic rings. The number of Topliss-reactive ketones (excluding diaryl/α,β-unsaturated/α-hetero) is 1. The van der Waals surface area contributed by atoms with Crippen molar-refractivity contribution in [3.05, 3.63) is 58.1 Å². The second kappa shape index (κ2) is 7.32. The van der Waals surface area contributed by atoms with Gasteiger partial charge in [-0.15, -0.1) is 0 Å². The standard InChI is InChI=1S/C20H24O3/c1-13-14(2)20(23-5)18(15(3)19(13)22-4)12-17(21)11-16-9-7-6-8-10-16/h6-10H,11-12H2,1-5H3. The maximum Gasteiger partial charge on any atom is 0.141 e. The first-order valence-corrected chi connectivity index (χ1v) is 7.75. The van der Waals surface area contributed by atoms with E-state index in [9.17, 15) is 4.79 Å². The first-order chi connectivity index (χ1) is 11.0. The Morgan fingerprint density at radius 2 is 1.39 bits per heavy atom. The number of carbonyl (C=O) groups excluding carboxylic acids is 1. The van der Waals surface area contributed by atoms with Gasteiger partial charge < -0.3 is 9.47 Å². The molecule has 0 heterocycles. The Morgan fingerprint density at radius 3 is 1.96 bits per heavy atom. The van der Waals surface area contributed by atoms with Crippen molar-refractivity contribution in [2.75, 3.05) is 14.2 Å². The van der Waals surface area contributed by atoms with E-state index in [1.54, 1.807) is 14.2 Å². The van der Waals surface area contributed by atoms with E-state index in [0.717, 1.165) is 39.3 Å². The van der Waals surface area contributed by atoms with Gasteiger partial charge in [0.25, 0.3) is 0 Å². The Hall–Kier alpha value is -2.29. The molecular weight excluding hydrogens is 288 g/mol. The molecule has 0 spiro atoms. The first-order valence-electron chi connectivity index (χ1n) is 7.75. The highest BCUT2D eigenvalue weighted by molar-refractivity contribution is 5.84. The summed E-state index contributed by atoms with van der Waals surface area (Å²) >= 11 is 0. The zero-order valence-electron chi connectivity index (χ0n) is 14.5. The van der Waals surface area contributed by atoms with Crippen LogP contribution in [0.1, 0.15) is 27.8 Å². The first kappa shape index (κ1) is 17.1. The van der Waals surface area contributed by atoms with E-state index in [-0.39, 0.29) is 5.78 Å². The predicted octanol–water partition coefficient (Wildman–Crippen LogP) is 3.98. The van der Waals surface area contributed by atoms with Crippen LogP contribution in [0.4, 0.5) is 0 Å². The summed E-state index contributed by atoms with van der Waals surface area (Å²) in [4.78, 5) is 12.5. The molecule has 0 radical (unpaired) electrons. The summed E-state index contributed by atoms with van der Waals surface area (Å²) in [6.07, 6.45) is 0.778. The van der Waals surface area contributed by atoms with Crippen molar-refractivity contribution in [1.82, 2.24) is 0 Å². The lowest BCUT2D eigenvalue weighted by Gasteiger charge is -2.20. The Kier molecular flexibility index (Phi) is 5.43. The number of methoxy groups -OCH3 is 2.